The Morgan fingerprint density at radius 1 is 1.32 bits per heavy atom. The highest BCUT2D eigenvalue weighted by molar-refractivity contribution is 9.10. The molecule has 0 unspecified atom stereocenters. The predicted molar refractivity (Wildman–Crippen MR) is 74.9 cm³/mol. The van der Waals surface area contributed by atoms with E-state index in [-0.39, 0.29) is 5.82 Å². The van der Waals surface area contributed by atoms with Crippen LogP contribution in [0, 0.1) is 5.82 Å². The van der Waals surface area contributed by atoms with Crippen molar-refractivity contribution in [3.05, 3.63) is 52.4 Å². The summed E-state index contributed by atoms with van der Waals surface area (Å²) in [7, 11) is 0. The van der Waals surface area contributed by atoms with Gasteiger partial charge in [-0.15, -0.1) is 0 Å². The van der Waals surface area contributed by atoms with Crippen LogP contribution in [0.5, 0.6) is 5.75 Å². The Labute approximate surface area is 119 Å². The van der Waals surface area contributed by atoms with Gasteiger partial charge in [0, 0.05) is 6.54 Å². The molecular weight excluding hydrogens is 311 g/mol. The van der Waals surface area contributed by atoms with Gasteiger partial charge in [-0.05, 0) is 45.8 Å². The molecule has 2 heterocycles. The fraction of sp³-hybridized carbons (Fsp3) is 0.214. The number of anilines is 1. The van der Waals surface area contributed by atoms with Gasteiger partial charge in [0.25, 0.3) is 0 Å². The molecule has 1 aromatic heterocycles. The van der Waals surface area contributed by atoms with E-state index in [0.717, 1.165) is 28.3 Å². The molecule has 3 nitrogen and oxygen atoms in total. The summed E-state index contributed by atoms with van der Waals surface area (Å²) in [5, 5.41) is 0. The van der Waals surface area contributed by atoms with Crippen LogP contribution in [0.2, 0.25) is 0 Å². The van der Waals surface area contributed by atoms with E-state index in [0.29, 0.717) is 13.2 Å². The Balaban J connectivity index is 1.89. The van der Waals surface area contributed by atoms with E-state index in [1.165, 1.54) is 6.07 Å². The first-order valence-electron chi connectivity index (χ1n) is 6.01. The topological polar surface area (TPSA) is 25.4 Å². The summed E-state index contributed by atoms with van der Waals surface area (Å²) < 4.78 is 19.6. The molecule has 0 amide bonds. The van der Waals surface area contributed by atoms with Crippen molar-refractivity contribution >= 4 is 21.7 Å². The van der Waals surface area contributed by atoms with Gasteiger partial charge in [0.2, 0.25) is 0 Å². The number of benzene rings is 1. The average Bonchev–Trinajstić information content (AvgIpc) is 2.39. The number of fused-ring (bicyclic) bond motifs is 1. The monoisotopic (exact) mass is 322 g/mol. The number of pyridine rings is 1. The van der Waals surface area contributed by atoms with Crippen molar-refractivity contribution in [1.29, 1.82) is 0 Å². The summed E-state index contributed by atoms with van der Waals surface area (Å²) >= 11 is 3.36. The maximum atomic E-state index is 13.2. The maximum Gasteiger partial charge on any atom is 0.172 e. The molecule has 2 aromatic rings. The van der Waals surface area contributed by atoms with E-state index >= 15 is 0 Å². The van der Waals surface area contributed by atoms with Crippen LogP contribution >= 0.6 is 15.9 Å². The minimum atomic E-state index is -0.215. The second kappa shape index (κ2) is 5.17. The molecule has 0 saturated heterocycles. The molecule has 0 N–H and O–H groups in total. The minimum Gasteiger partial charge on any atom is -0.488 e. The Morgan fingerprint density at radius 3 is 3.05 bits per heavy atom. The Kier molecular flexibility index (Phi) is 3.38. The molecule has 1 aliphatic rings. The van der Waals surface area contributed by atoms with Crippen molar-refractivity contribution in [3.8, 4) is 5.75 Å². The lowest BCUT2D eigenvalue weighted by Crippen LogP contribution is -2.33. The van der Waals surface area contributed by atoms with Gasteiger partial charge < -0.3 is 9.64 Å². The fourth-order valence-electron chi connectivity index (χ4n) is 2.13. The standard InChI is InChI=1S/C14H12BrFN2O/c15-13-5-4-12-14(17-13)18(6-7-19-12)9-10-2-1-3-11(16)8-10/h1-5,8H,6-7,9H2. The zero-order chi connectivity index (χ0) is 13.2. The lowest BCUT2D eigenvalue weighted by atomic mass is 10.2. The Bertz CT molecular complexity index is 606. The van der Waals surface area contributed by atoms with Crippen LogP contribution in [0.25, 0.3) is 0 Å². The zero-order valence-electron chi connectivity index (χ0n) is 10.1. The van der Waals surface area contributed by atoms with E-state index in [1.807, 2.05) is 18.2 Å². The SMILES string of the molecule is Fc1cccc(CN2CCOc3ccc(Br)nc32)c1. The van der Waals surface area contributed by atoms with E-state index in [1.54, 1.807) is 12.1 Å². The molecule has 3 rings (SSSR count). The van der Waals surface area contributed by atoms with Crippen LogP contribution in [-0.2, 0) is 6.54 Å². The van der Waals surface area contributed by atoms with Gasteiger partial charge in [-0.3, -0.25) is 0 Å². The second-order valence-corrected chi connectivity index (χ2v) is 5.17. The highest BCUT2D eigenvalue weighted by atomic mass is 79.9. The fourth-order valence-corrected chi connectivity index (χ4v) is 2.43. The number of hydrogen-bond donors (Lipinski definition) is 0. The van der Waals surface area contributed by atoms with Crippen LogP contribution in [0.3, 0.4) is 0 Å². The first kappa shape index (κ1) is 12.4. The molecule has 98 valence electrons. The normalized spacial score (nSPS) is 13.9. The summed E-state index contributed by atoms with van der Waals surface area (Å²) in [5.41, 5.74) is 0.926. The summed E-state index contributed by atoms with van der Waals surface area (Å²) in [6, 6.07) is 10.4. The molecule has 0 radical (unpaired) electrons. The molecule has 1 aliphatic heterocycles. The minimum absolute atomic E-state index is 0.215. The first-order valence-corrected chi connectivity index (χ1v) is 6.80. The first-order chi connectivity index (χ1) is 9.22. The highest BCUT2D eigenvalue weighted by Crippen LogP contribution is 2.31. The van der Waals surface area contributed by atoms with Crippen molar-refractivity contribution < 1.29 is 9.13 Å². The largest absolute Gasteiger partial charge is 0.488 e. The van der Waals surface area contributed by atoms with Gasteiger partial charge in [-0.25, -0.2) is 9.37 Å². The van der Waals surface area contributed by atoms with Crippen molar-refractivity contribution in [2.45, 2.75) is 6.54 Å². The van der Waals surface area contributed by atoms with Gasteiger partial charge in [0.1, 0.15) is 17.0 Å². The summed E-state index contributed by atoms with van der Waals surface area (Å²) in [4.78, 5) is 6.53. The van der Waals surface area contributed by atoms with Crippen LogP contribution in [-0.4, -0.2) is 18.1 Å². The molecule has 5 heteroatoms. The van der Waals surface area contributed by atoms with Gasteiger partial charge in [0.15, 0.2) is 11.6 Å². The quantitative estimate of drug-likeness (QED) is 0.792. The van der Waals surface area contributed by atoms with Crippen molar-refractivity contribution in [1.82, 2.24) is 4.98 Å². The lowest BCUT2D eigenvalue weighted by molar-refractivity contribution is 0.304. The number of aromatic nitrogens is 1. The van der Waals surface area contributed by atoms with Crippen LogP contribution in [0.1, 0.15) is 5.56 Å². The third-order valence-corrected chi connectivity index (χ3v) is 3.43. The third-order valence-electron chi connectivity index (χ3n) is 2.99. The number of halogens is 2. The maximum absolute atomic E-state index is 13.2. The second-order valence-electron chi connectivity index (χ2n) is 4.36. The van der Waals surface area contributed by atoms with Gasteiger partial charge in [-0.2, -0.15) is 0 Å². The molecule has 0 aliphatic carbocycles. The van der Waals surface area contributed by atoms with Gasteiger partial charge in [-0.1, -0.05) is 12.1 Å². The number of ether oxygens (including phenoxy) is 1. The number of nitrogens with zero attached hydrogens (tertiary/aromatic N) is 2. The predicted octanol–water partition coefficient (Wildman–Crippen LogP) is 3.38. The molecule has 19 heavy (non-hydrogen) atoms. The molecule has 0 saturated carbocycles. The summed E-state index contributed by atoms with van der Waals surface area (Å²) in [5.74, 6) is 1.35. The number of hydrogen-bond acceptors (Lipinski definition) is 3. The smallest absolute Gasteiger partial charge is 0.172 e. The summed E-state index contributed by atoms with van der Waals surface area (Å²) in [6.45, 7) is 1.98. The molecule has 0 fully saturated rings. The lowest BCUT2D eigenvalue weighted by Gasteiger charge is -2.30. The average molecular weight is 323 g/mol. The molecular formula is C14H12BrFN2O. The van der Waals surface area contributed by atoms with Crippen molar-refractivity contribution in [2.24, 2.45) is 0 Å². The van der Waals surface area contributed by atoms with Crippen LogP contribution in [0.4, 0.5) is 10.2 Å². The van der Waals surface area contributed by atoms with E-state index in [4.69, 9.17) is 4.74 Å². The highest BCUT2D eigenvalue weighted by Gasteiger charge is 2.20. The Hall–Kier alpha value is -1.62. The van der Waals surface area contributed by atoms with Crippen molar-refractivity contribution in [2.75, 3.05) is 18.1 Å². The van der Waals surface area contributed by atoms with Crippen molar-refractivity contribution in [3.63, 3.8) is 0 Å². The van der Waals surface area contributed by atoms with E-state index in [9.17, 15) is 4.39 Å². The van der Waals surface area contributed by atoms with E-state index in [2.05, 4.69) is 25.8 Å². The number of rotatable bonds is 2. The Morgan fingerprint density at radius 2 is 2.21 bits per heavy atom. The van der Waals surface area contributed by atoms with Gasteiger partial charge in [0.05, 0.1) is 6.54 Å². The molecule has 0 atom stereocenters. The zero-order valence-corrected chi connectivity index (χ0v) is 11.7. The van der Waals surface area contributed by atoms with Crippen LogP contribution < -0.4 is 9.64 Å². The van der Waals surface area contributed by atoms with Gasteiger partial charge >= 0.3 is 0 Å². The molecule has 1 aromatic carbocycles. The van der Waals surface area contributed by atoms with Crippen LogP contribution in [0.15, 0.2) is 41.0 Å². The van der Waals surface area contributed by atoms with E-state index < -0.39 is 0 Å². The molecule has 0 bridgehead atoms. The molecule has 0 spiro atoms. The summed E-state index contributed by atoms with van der Waals surface area (Å²) in [6.07, 6.45) is 0. The third kappa shape index (κ3) is 2.71.